The van der Waals surface area contributed by atoms with Crippen LogP contribution in [-0.4, -0.2) is 6.36 Å². The predicted octanol–water partition coefficient (Wildman–Crippen LogP) is 5.84. The molecule has 0 N–H and O–H groups in total. The second kappa shape index (κ2) is 5.89. The Morgan fingerprint density at radius 1 is 1.00 bits per heavy atom. The van der Waals surface area contributed by atoms with Gasteiger partial charge < -0.3 is 4.74 Å². The number of halogens is 6. The lowest BCUT2D eigenvalue weighted by Crippen LogP contribution is -2.17. The lowest BCUT2D eigenvalue weighted by molar-refractivity contribution is -0.274. The van der Waals surface area contributed by atoms with E-state index in [0.29, 0.717) is 0 Å². The van der Waals surface area contributed by atoms with Gasteiger partial charge in [0.05, 0.1) is 0 Å². The molecular formula is C14H8ClF5O. The van der Waals surface area contributed by atoms with E-state index in [9.17, 15) is 22.0 Å². The Morgan fingerprint density at radius 2 is 1.67 bits per heavy atom. The van der Waals surface area contributed by atoms with Crippen molar-refractivity contribution in [2.45, 2.75) is 12.8 Å². The number of hydrogen-bond acceptors (Lipinski definition) is 1. The Labute approximate surface area is 121 Å². The van der Waals surface area contributed by atoms with E-state index in [1.165, 1.54) is 24.3 Å². The van der Waals surface area contributed by atoms with Crippen LogP contribution in [0.4, 0.5) is 22.0 Å². The summed E-state index contributed by atoms with van der Waals surface area (Å²) in [5.74, 6) is -0.479. The van der Waals surface area contributed by atoms with Crippen LogP contribution >= 0.6 is 11.6 Å². The van der Waals surface area contributed by atoms with E-state index in [0.717, 1.165) is 18.2 Å². The van der Waals surface area contributed by atoms with Crippen LogP contribution in [0.3, 0.4) is 0 Å². The molecule has 0 aliphatic carbocycles. The molecule has 0 saturated carbocycles. The minimum Gasteiger partial charge on any atom is -0.405 e. The fourth-order valence-corrected chi connectivity index (χ4v) is 2.06. The first-order valence-corrected chi connectivity index (χ1v) is 6.08. The monoisotopic (exact) mass is 322 g/mol. The molecule has 21 heavy (non-hydrogen) atoms. The van der Waals surface area contributed by atoms with Crippen molar-refractivity contribution in [1.29, 1.82) is 0 Å². The average Bonchev–Trinajstić information content (AvgIpc) is 2.36. The SMILES string of the molecule is FC(F)c1cc(Cl)cc(-c2ccccc2OC(F)(F)F)c1. The molecule has 0 bridgehead atoms. The number of hydrogen-bond donors (Lipinski definition) is 0. The van der Waals surface area contributed by atoms with Gasteiger partial charge in [-0.15, -0.1) is 13.2 Å². The lowest BCUT2D eigenvalue weighted by Gasteiger charge is -2.14. The van der Waals surface area contributed by atoms with Crippen molar-refractivity contribution in [3.63, 3.8) is 0 Å². The summed E-state index contributed by atoms with van der Waals surface area (Å²) in [6.07, 6.45) is -7.65. The molecule has 0 heterocycles. The van der Waals surface area contributed by atoms with E-state index < -0.39 is 18.5 Å². The molecule has 0 radical (unpaired) electrons. The highest BCUT2D eigenvalue weighted by Gasteiger charge is 2.32. The van der Waals surface area contributed by atoms with Gasteiger partial charge in [0.1, 0.15) is 5.75 Å². The van der Waals surface area contributed by atoms with Gasteiger partial charge in [-0.05, 0) is 29.8 Å². The number of rotatable bonds is 3. The Bertz CT molecular complexity index is 640. The average molecular weight is 323 g/mol. The van der Waals surface area contributed by atoms with Crippen molar-refractivity contribution in [2.75, 3.05) is 0 Å². The zero-order valence-electron chi connectivity index (χ0n) is 10.3. The van der Waals surface area contributed by atoms with Gasteiger partial charge in [-0.2, -0.15) is 0 Å². The van der Waals surface area contributed by atoms with Crippen LogP contribution < -0.4 is 4.74 Å². The quantitative estimate of drug-likeness (QED) is 0.645. The molecule has 0 atom stereocenters. The largest absolute Gasteiger partial charge is 0.573 e. The third kappa shape index (κ3) is 4.07. The summed E-state index contributed by atoms with van der Waals surface area (Å²) >= 11 is 5.73. The molecule has 7 heteroatoms. The standard InChI is InChI=1S/C14H8ClF5O/c15-10-6-8(5-9(7-10)13(16)17)11-3-1-2-4-12(11)21-14(18,19)20/h1-7,13H. The molecule has 1 nitrogen and oxygen atoms in total. The van der Waals surface area contributed by atoms with Crippen molar-refractivity contribution in [3.05, 3.63) is 53.1 Å². The fraction of sp³-hybridized carbons (Fsp3) is 0.143. The van der Waals surface area contributed by atoms with E-state index in [1.807, 2.05) is 0 Å². The summed E-state index contributed by atoms with van der Waals surface area (Å²) in [5.41, 5.74) is -0.226. The summed E-state index contributed by atoms with van der Waals surface area (Å²) in [6.45, 7) is 0. The smallest absolute Gasteiger partial charge is 0.405 e. The summed E-state index contributed by atoms with van der Waals surface area (Å²) in [4.78, 5) is 0. The van der Waals surface area contributed by atoms with Gasteiger partial charge in [0.25, 0.3) is 6.43 Å². The van der Waals surface area contributed by atoms with E-state index >= 15 is 0 Å². The molecule has 2 aromatic rings. The summed E-state index contributed by atoms with van der Waals surface area (Å²) in [6, 6.07) is 8.70. The van der Waals surface area contributed by atoms with Gasteiger partial charge >= 0.3 is 6.36 Å². The minimum absolute atomic E-state index is 0.00427. The molecular weight excluding hydrogens is 315 g/mol. The molecule has 0 spiro atoms. The summed E-state index contributed by atoms with van der Waals surface area (Å²) in [7, 11) is 0. The zero-order valence-corrected chi connectivity index (χ0v) is 11.1. The number of para-hydroxylation sites is 1. The first kappa shape index (κ1) is 15.6. The van der Waals surface area contributed by atoms with Gasteiger partial charge in [-0.3, -0.25) is 0 Å². The lowest BCUT2D eigenvalue weighted by atomic mass is 10.0. The van der Waals surface area contributed by atoms with Gasteiger partial charge in [-0.25, -0.2) is 8.78 Å². The molecule has 112 valence electrons. The van der Waals surface area contributed by atoms with Gasteiger partial charge in [0.2, 0.25) is 0 Å². The molecule has 0 amide bonds. The molecule has 2 aromatic carbocycles. The molecule has 0 aliphatic rings. The Morgan fingerprint density at radius 3 is 2.29 bits per heavy atom. The second-order valence-corrected chi connectivity index (χ2v) is 4.55. The van der Waals surface area contributed by atoms with Gasteiger partial charge in [-0.1, -0.05) is 29.8 Å². The van der Waals surface area contributed by atoms with Crippen LogP contribution in [0.15, 0.2) is 42.5 Å². The van der Waals surface area contributed by atoms with Gasteiger partial charge in [0, 0.05) is 16.1 Å². The first-order chi connectivity index (χ1) is 9.76. The molecule has 0 fully saturated rings. The number of ether oxygens (including phenoxy) is 1. The molecule has 2 rings (SSSR count). The maximum absolute atomic E-state index is 12.7. The second-order valence-electron chi connectivity index (χ2n) is 4.12. The maximum atomic E-state index is 12.7. The van der Waals surface area contributed by atoms with Crippen LogP contribution in [-0.2, 0) is 0 Å². The number of benzene rings is 2. The zero-order chi connectivity index (χ0) is 15.6. The highest BCUT2D eigenvalue weighted by molar-refractivity contribution is 6.31. The van der Waals surface area contributed by atoms with Gasteiger partial charge in [0.15, 0.2) is 0 Å². The van der Waals surface area contributed by atoms with E-state index in [-0.39, 0.29) is 21.7 Å². The van der Waals surface area contributed by atoms with Crippen LogP contribution in [0, 0.1) is 0 Å². The summed E-state index contributed by atoms with van der Waals surface area (Å²) in [5, 5.41) is 0.00427. The topological polar surface area (TPSA) is 9.23 Å². The van der Waals surface area contributed by atoms with E-state index in [2.05, 4.69) is 4.74 Å². The molecule has 0 aromatic heterocycles. The first-order valence-electron chi connectivity index (χ1n) is 5.70. The Balaban J connectivity index is 2.52. The molecule has 0 unspecified atom stereocenters. The highest BCUT2D eigenvalue weighted by Crippen LogP contribution is 2.36. The van der Waals surface area contributed by atoms with Crippen molar-refractivity contribution < 1.29 is 26.7 Å². The summed E-state index contributed by atoms with van der Waals surface area (Å²) < 4.78 is 66.5. The number of alkyl halides is 5. The van der Waals surface area contributed by atoms with Crippen LogP contribution in [0.5, 0.6) is 5.75 Å². The Hall–Kier alpha value is -1.82. The Kier molecular flexibility index (Phi) is 4.37. The van der Waals surface area contributed by atoms with Crippen molar-refractivity contribution >= 4 is 11.6 Å². The highest BCUT2D eigenvalue weighted by atomic mass is 35.5. The molecule has 0 aliphatic heterocycles. The third-order valence-corrected chi connectivity index (χ3v) is 2.81. The van der Waals surface area contributed by atoms with Crippen LogP contribution in [0.1, 0.15) is 12.0 Å². The van der Waals surface area contributed by atoms with Crippen LogP contribution in [0.25, 0.3) is 11.1 Å². The maximum Gasteiger partial charge on any atom is 0.573 e. The minimum atomic E-state index is -4.87. The van der Waals surface area contributed by atoms with E-state index in [4.69, 9.17) is 11.6 Å². The molecule has 0 saturated heterocycles. The normalized spacial score (nSPS) is 11.8. The van der Waals surface area contributed by atoms with Crippen LogP contribution in [0.2, 0.25) is 5.02 Å². The van der Waals surface area contributed by atoms with Crippen molar-refractivity contribution in [3.8, 4) is 16.9 Å². The van der Waals surface area contributed by atoms with Crippen molar-refractivity contribution in [2.24, 2.45) is 0 Å². The third-order valence-electron chi connectivity index (χ3n) is 2.60. The van der Waals surface area contributed by atoms with E-state index in [1.54, 1.807) is 0 Å². The predicted molar refractivity (Wildman–Crippen MR) is 68.5 cm³/mol. The van der Waals surface area contributed by atoms with Crippen molar-refractivity contribution in [1.82, 2.24) is 0 Å². The fourth-order valence-electron chi connectivity index (χ4n) is 1.81.